The number of hydrogen-bond acceptors (Lipinski definition) is 3. The molecule has 0 heterocycles. The van der Waals surface area contributed by atoms with Crippen molar-refractivity contribution in [1.29, 1.82) is 0 Å². The fourth-order valence-electron chi connectivity index (χ4n) is 1.57. The van der Waals surface area contributed by atoms with E-state index in [1.165, 1.54) is 0 Å². The van der Waals surface area contributed by atoms with Gasteiger partial charge in [-0.25, -0.2) is 0 Å². The van der Waals surface area contributed by atoms with Crippen molar-refractivity contribution in [3.05, 3.63) is 0 Å². The van der Waals surface area contributed by atoms with E-state index in [9.17, 15) is 22.0 Å². The molecule has 0 bridgehead atoms. The molecular formula is C13H25F5O3Si. The van der Waals surface area contributed by atoms with Crippen LogP contribution < -0.4 is 0 Å². The van der Waals surface area contributed by atoms with Gasteiger partial charge in [0.15, 0.2) is 0 Å². The maximum Gasteiger partial charge on any atom is 0.501 e. The second-order valence-corrected chi connectivity index (χ2v) is 7.66. The molecule has 0 aliphatic carbocycles. The lowest BCUT2D eigenvalue weighted by Crippen LogP contribution is -2.49. The Bertz CT molecular complexity index is 278. The van der Waals surface area contributed by atoms with E-state index in [1.54, 1.807) is 0 Å². The molecule has 0 saturated heterocycles. The molecule has 0 aromatic carbocycles. The van der Waals surface area contributed by atoms with E-state index < -0.39 is 33.4 Å². The van der Waals surface area contributed by atoms with Crippen molar-refractivity contribution in [3.63, 3.8) is 0 Å². The maximum absolute atomic E-state index is 13.2. The third-order valence-electron chi connectivity index (χ3n) is 2.74. The van der Waals surface area contributed by atoms with Crippen molar-refractivity contribution in [1.82, 2.24) is 0 Å². The normalized spacial score (nSPS) is 13.6. The largest absolute Gasteiger partial charge is 0.501 e. The van der Waals surface area contributed by atoms with E-state index in [0.29, 0.717) is 19.3 Å². The summed E-state index contributed by atoms with van der Waals surface area (Å²) in [6.45, 7) is 6.04. The molecule has 22 heavy (non-hydrogen) atoms. The highest BCUT2D eigenvalue weighted by Gasteiger charge is 2.59. The van der Waals surface area contributed by atoms with Crippen LogP contribution in [0.5, 0.6) is 0 Å². The second-order valence-electron chi connectivity index (χ2n) is 4.93. The van der Waals surface area contributed by atoms with E-state index in [-0.39, 0.29) is 19.8 Å². The first-order chi connectivity index (χ1) is 10.1. The first-order valence-corrected chi connectivity index (χ1v) is 9.43. The Morgan fingerprint density at radius 2 is 1.09 bits per heavy atom. The highest BCUT2D eigenvalue weighted by molar-refractivity contribution is 6.60. The van der Waals surface area contributed by atoms with Crippen LogP contribution in [0.2, 0.25) is 6.04 Å². The summed E-state index contributed by atoms with van der Waals surface area (Å²) in [5.74, 6) is -4.77. The van der Waals surface area contributed by atoms with E-state index in [2.05, 4.69) is 0 Å². The Morgan fingerprint density at radius 1 is 0.727 bits per heavy atom. The fraction of sp³-hybridized carbons (Fsp3) is 1.00. The standard InChI is InChI=1S/C13H25F5O3Si/c1-4-8-19-22(20-9-5-2,21-10-6-3)11-7-12(14,15)13(16,17)18/h4-11H2,1-3H3. The third kappa shape index (κ3) is 7.34. The Morgan fingerprint density at radius 3 is 1.36 bits per heavy atom. The van der Waals surface area contributed by atoms with Crippen LogP contribution in [-0.2, 0) is 13.3 Å². The molecule has 0 radical (unpaired) electrons. The molecule has 134 valence electrons. The highest BCUT2D eigenvalue weighted by atomic mass is 28.4. The Balaban J connectivity index is 4.99. The van der Waals surface area contributed by atoms with E-state index in [0.717, 1.165) is 0 Å². The predicted molar refractivity (Wildman–Crippen MR) is 74.9 cm³/mol. The molecule has 0 aliphatic rings. The van der Waals surface area contributed by atoms with Gasteiger partial charge in [-0.2, -0.15) is 22.0 Å². The zero-order valence-electron chi connectivity index (χ0n) is 13.3. The van der Waals surface area contributed by atoms with Crippen LogP contribution in [0.4, 0.5) is 22.0 Å². The Kier molecular flexibility index (Phi) is 9.68. The van der Waals surface area contributed by atoms with Crippen LogP contribution >= 0.6 is 0 Å². The number of halogens is 5. The molecule has 0 aliphatic heterocycles. The van der Waals surface area contributed by atoms with Crippen LogP contribution in [0.25, 0.3) is 0 Å². The van der Waals surface area contributed by atoms with Gasteiger partial charge in [0.2, 0.25) is 0 Å². The van der Waals surface area contributed by atoms with Gasteiger partial charge >= 0.3 is 20.9 Å². The van der Waals surface area contributed by atoms with Crippen molar-refractivity contribution in [2.45, 2.75) is 64.6 Å². The van der Waals surface area contributed by atoms with Crippen molar-refractivity contribution in [2.75, 3.05) is 19.8 Å². The van der Waals surface area contributed by atoms with Crippen LogP contribution in [0, 0.1) is 0 Å². The van der Waals surface area contributed by atoms with E-state index in [1.807, 2.05) is 20.8 Å². The minimum absolute atomic E-state index is 0.206. The minimum atomic E-state index is -5.58. The monoisotopic (exact) mass is 352 g/mol. The molecule has 0 amide bonds. The van der Waals surface area contributed by atoms with Gasteiger partial charge < -0.3 is 13.3 Å². The lowest BCUT2D eigenvalue weighted by Gasteiger charge is -2.31. The molecule has 0 unspecified atom stereocenters. The van der Waals surface area contributed by atoms with Gasteiger partial charge in [-0.15, -0.1) is 0 Å². The molecule has 9 heteroatoms. The molecule has 0 N–H and O–H groups in total. The van der Waals surface area contributed by atoms with Gasteiger partial charge in [-0.1, -0.05) is 20.8 Å². The second kappa shape index (κ2) is 9.79. The quantitative estimate of drug-likeness (QED) is 0.373. The average Bonchev–Trinajstić information content (AvgIpc) is 2.44. The van der Waals surface area contributed by atoms with Crippen LogP contribution in [0.3, 0.4) is 0 Å². The molecule has 3 nitrogen and oxygen atoms in total. The van der Waals surface area contributed by atoms with Crippen molar-refractivity contribution < 1.29 is 35.2 Å². The number of alkyl halides is 5. The molecule has 0 spiro atoms. The summed E-state index contributed by atoms with van der Waals surface area (Å²) in [6, 6.07) is -0.556. The average molecular weight is 352 g/mol. The predicted octanol–water partition coefficient (Wildman–Crippen LogP) is 4.79. The minimum Gasteiger partial charge on any atom is -0.373 e. The van der Waals surface area contributed by atoms with E-state index in [4.69, 9.17) is 13.3 Å². The third-order valence-corrected chi connectivity index (χ3v) is 5.53. The van der Waals surface area contributed by atoms with Gasteiger partial charge in [-0.05, 0) is 19.3 Å². The van der Waals surface area contributed by atoms with Crippen LogP contribution in [-0.4, -0.2) is 40.7 Å². The summed E-state index contributed by atoms with van der Waals surface area (Å²) < 4.78 is 79.7. The fourth-order valence-corrected chi connectivity index (χ4v) is 4.41. The Hall–Kier alpha value is -0.253. The van der Waals surface area contributed by atoms with E-state index >= 15 is 0 Å². The molecule has 0 aromatic rings. The summed E-state index contributed by atoms with van der Waals surface area (Å²) in [6.07, 6.45) is -5.19. The van der Waals surface area contributed by atoms with Gasteiger partial charge in [0.1, 0.15) is 0 Å². The van der Waals surface area contributed by atoms with Gasteiger partial charge in [0.05, 0.1) is 0 Å². The van der Waals surface area contributed by atoms with Crippen molar-refractivity contribution >= 4 is 8.80 Å². The van der Waals surface area contributed by atoms with Gasteiger partial charge in [0.25, 0.3) is 0 Å². The molecule has 0 saturated carbocycles. The summed E-state index contributed by atoms with van der Waals surface area (Å²) in [5.41, 5.74) is 0. The summed E-state index contributed by atoms with van der Waals surface area (Å²) in [7, 11) is -3.53. The summed E-state index contributed by atoms with van der Waals surface area (Å²) >= 11 is 0. The Labute approximate surface area is 129 Å². The summed E-state index contributed by atoms with van der Waals surface area (Å²) in [4.78, 5) is 0. The zero-order valence-corrected chi connectivity index (χ0v) is 14.3. The topological polar surface area (TPSA) is 27.7 Å². The zero-order chi connectivity index (χ0) is 17.3. The SMILES string of the molecule is CCCO[Si](CCC(F)(F)C(F)(F)F)(OCCC)OCCC. The number of rotatable bonds is 12. The van der Waals surface area contributed by atoms with Crippen molar-refractivity contribution in [3.8, 4) is 0 Å². The maximum atomic E-state index is 13.2. The summed E-state index contributed by atoms with van der Waals surface area (Å²) in [5, 5.41) is 0. The van der Waals surface area contributed by atoms with Crippen LogP contribution in [0.1, 0.15) is 46.5 Å². The molecule has 0 atom stereocenters. The molecule has 0 fully saturated rings. The first kappa shape index (κ1) is 21.7. The smallest absolute Gasteiger partial charge is 0.373 e. The highest BCUT2D eigenvalue weighted by Crippen LogP contribution is 2.40. The molecule has 0 rings (SSSR count). The van der Waals surface area contributed by atoms with Crippen LogP contribution in [0.15, 0.2) is 0 Å². The lowest BCUT2D eigenvalue weighted by molar-refractivity contribution is -0.283. The number of hydrogen-bond donors (Lipinski definition) is 0. The lowest BCUT2D eigenvalue weighted by atomic mass is 10.2. The van der Waals surface area contributed by atoms with Gasteiger partial charge in [-0.3, -0.25) is 0 Å². The molecular weight excluding hydrogens is 327 g/mol. The molecule has 0 aromatic heterocycles. The van der Waals surface area contributed by atoms with Gasteiger partial charge in [0, 0.05) is 32.3 Å². The van der Waals surface area contributed by atoms with Crippen molar-refractivity contribution in [2.24, 2.45) is 0 Å². The first-order valence-electron chi connectivity index (χ1n) is 7.50.